The van der Waals surface area contributed by atoms with Gasteiger partial charge in [0.15, 0.2) is 0 Å². The van der Waals surface area contributed by atoms with Crippen molar-refractivity contribution in [3.05, 3.63) is 11.1 Å². The number of hydrogen-bond donors (Lipinski definition) is 4. The van der Waals surface area contributed by atoms with Gasteiger partial charge in [-0.25, -0.2) is 4.79 Å². The molecule has 112 valence electrons. The van der Waals surface area contributed by atoms with Crippen molar-refractivity contribution in [2.45, 2.75) is 25.7 Å². The molecule has 7 nitrogen and oxygen atoms in total. The van der Waals surface area contributed by atoms with Gasteiger partial charge in [0.2, 0.25) is 0 Å². The minimum absolute atomic E-state index is 0.0456. The average molecular weight is 285 g/mol. The number of hydrogen-bond acceptors (Lipinski definition) is 5. The Hall–Kier alpha value is -1.73. The summed E-state index contributed by atoms with van der Waals surface area (Å²) in [6.45, 7) is 0.620. The summed E-state index contributed by atoms with van der Waals surface area (Å²) in [7, 11) is 0. The van der Waals surface area contributed by atoms with Crippen molar-refractivity contribution >= 4 is 17.7 Å². The van der Waals surface area contributed by atoms with Crippen LogP contribution in [0.5, 0.6) is 0 Å². The predicted molar refractivity (Wildman–Crippen MR) is 69.2 cm³/mol. The van der Waals surface area contributed by atoms with E-state index in [1.807, 2.05) is 0 Å². The van der Waals surface area contributed by atoms with Crippen LogP contribution in [0.4, 0.5) is 0 Å². The Balaban J connectivity index is 2.73. The molecule has 0 aromatic heterocycles. The lowest BCUT2D eigenvalue weighted by molar-refractivity contribution is -0.145. The number of aliphatic hydroxyl groups excluding tert-OH is 1. The Labute approximate surface area is 116 Å². The number of ketones is 1. The summed E-state index contributed by atoms with van der Waals surface area (Å²) in [6, 6.07) is 0. The second kappa shape index (κ2) is 7.76. The van der Waals surface area contributed by atoms with E-state index in [-0.39, 0.29) is 18.4 Å². The SMILES string of the molecule is O=C(C/C(C(=O)O)=C1/CCCNC1)CC(CO)C(=O)O. The van der Waals surface area contributed by atoms with E-state index >= 15 is 0 Å². The topological polar surface area (TPSA) is 124 Å². The molecule has 1 atom stereocenters. The van der Waals surface area contributed by atoms with Crippen molar-refractivity contribution in [2.24, 2.45) is 5.92 Å². The summed E-state index contributed by atoms with van der Waals surface area (Å²) in [6.07, 6.45) is 0.790. The molecule has 0 saturated carbocycles. The van der Waals surface area contributed by atoms with Gasteiger partial charge in [-0.15, -0.1) is 0 Å². The van der Waals surface area contributed by atoms with Gasteiger partial charge < -0.3 is 20.6 Å². The highest BCUT2D eigenvalue weighted by molar-refractivity contribution is 5.96. The van der Waals surface area contributed by atoms with Gasteiger partial charge in [0.25, 0.3) is 0 Å². The number of nitrogens with one attached hydrogen (secondary N) is 1. The highest BCUT2D eigenvalue weighted by Gasteiger charge is 2.24. The standard InChI is InChI=1S/C13H19NO6/c15-7-9(12(17)18)4-10(16)5-11(13(19)20)8-2-1-3-14-6-8/h9,14-15H,1-7H2,(H,17,18)(H,19,20)/b11-8+. The quantitative estimate of drug-likeness (QED) is 0.477. The minimum Gasteiger partial charge on any atom is -0.481 e. The lowest BCUT2D eigenvalue weighted by atomic mass is 9.93. The first-order chi connectivity index (χ1) is 9.45. The molecule has 4 N–H and O–H groups in total. The van der Waals surface area contributed by atoms with Gasteiger partial charge in [-0.3, -0.25) is 9.59 Å². The third-order valence-corrected chi connectivity index (χ3v) is 3.27. The summed E-state index contributed by atoms with van der Waals surface area (Å²) >= 11 is 0. The second-order valence-electron chi connectivity index (χ2n) is 4.80. The summed E-state index contributed by atoms with van der Waals surface area (Å²) in [4.78, 5) is 33.7. The van der Waals surface area contributed by atoms with Gasteiger partial charge in [0, 0.05) is 25.0 Å². The van der Waals surface area contributed by atoms with Crippen molar-refractivity contribution < 1.29 is 29.7 Å². The highest BCUT2D eigenvalue weighted by Crippen LogP contribution is 2.19. The highest BCUT2D eigenvalue weighted by atomic mass is 16.4. The van der Waals surface area contributed by atoms with Gasteiger partial charge in [0.05, 0.1) is 12.5 Å². The normalized spacial score (nSPS) is 19.2. The molecule has 1 saturated heterocycles. The lowest BCUT2D eigenvalue weighted by Gasteiger charge is -2.18. The Morgan fingerprint density at radius 3 is 2.40 bits per heavy atom. The molecule has 0 spiro atoms. The number of carboxylic acids is 2. The van der Waals surface area contributed by atoms with Crippen LogP contribution in [0.15, 0.2) is 11.1 Å². The van der Waals surface area contributed by atoms with Crippen molar-refractivity contribution in [3.8, 4) is 0 Å². The number of piperidine rings is 1. The third kappa shape index (κ3) is 4.75. The molecule has 1 rings (SSSR count). The maximum Gasteiger partial charge on any atom is 0.332 e. The summed E-state index contributed by atoms with van der Waals surface area (Å²) in [5.41, 5.74) is 0.734. The molecule has 0 aromatic rings. The fraction of sp³-hybridized carbons (Fsp3) is 0.615. The molecule has 0 amide bonds. The maximum atomic E-state index is 11.8. The molecule has 0 bridgehead atoms. The Kier molecular flexibility index (Phi) is 6.33. The van der Waals surface area contributed by atoms with E-state index in [1.165, 1.54) is 0 Å². The molecule has 20 heavy (non-hydrogen) atoms. The summed E-state index contributed by atoms with van der Waals surface area (Å²) in [5.74, 6) is -4.06. The van der Waals surface area contributed by atoms with E-state index in [1.54, 1.807) is 0 Å². The number of carbonyl (C=O) groups is 3. The Morgan fingerprint density at radius 2 is 1.95 bits per heavy atom. The fourth-order valence-corrected chi connectivity index (χ4v) is 2.14. The first-order valence-corrected chi connectivity index (χ1v) is 6.46. The molecular weight excluding hydrogens is 266 g/mol. The van der Waals surface area contributed by atoms with Gasteiger partial charge >= 0.3 is 11.9 Å². The van der Waals surface area contributed by atoms with Gasteiger partial charge in [0.1, 0.15) is 5.78 Å². The van der Waals surface area contributed by atoms with Crippen LogP contribution in [-0.4, -0.2) is 52.7 Å². The van der Waals surface area contributed by atoms with Crippen molar-refractivity contribution in [1.82, 2.24) is 5.32 Å². The zero-order chi connectivity index (χ0) is 15.1. The van der Waals surface area contributed by atoms with Crippen LogP contribution in [0.1, 0.15) is 25.7 Å². The van der Waals surface area contributed by atoms with Crippen LogP contribution in [0.2, 0.25) is 0 Å². The predicted octanol–water partition coefficient (Wildman–Crippen LogP) is -0.207. The molecule has 1 aliphatic rings. The summed E-state index contributed by atoms with van der Waals surface area (Å²) < 4.78 is 0. The zero-order valence-corrected chi connectivity index (χ0v) is 11.1. The molecular formula is C13H19NO6. The number of carboxylic acid groups (broad SMARTS) is 2. The lowest BCUT2D eigenvalue weighted by Crippen LogP contribution is -2.27. The van der Waals surface area contributed by atoms with E-state index < -0.39 is 30.2 Å². The van der Waals surface area contributed by atoms with E-state index in [9.17, 15) is 19.5 Å². The van der Waals surface area contributed by atoms with Crippen LogP contribution in [-0.2, 0) is 14.4 Å². The second-order valence-corrected chi connectivity index (χ2v) is 4.80. The molecule has 1 aliphatic heterocycles. The average Bonchev–Trinajstić information content (AvgIpc) is 2.42. The molecule has 1 heterocycles. The monoisotopic (exact) mass is 285 g/mol. The molecule has 0 aromatic carbocycles. The van der Waals surface area contributed by atoms with Crippen molar-refractivity contribution in [3.63, 3.8) is 0 Å². The Morgan fingerprint density at radius 1 is 1.25 bits per heavy atom. The third-order valence-electron chi connectivity index (χ3n) is 3.27. The number of aliphatic hydroxyl groups is 1. The van der Waals surface area contributed by atoms with Crippen LogP contribution in [0.3, 0.4) is 0 Å². The van der Waals surface area contributed by atoms with E-state index in [0.29, 0.717) is 18.5 Å². The van der Waals surface area contributed by atoms with E-state index in [4.69, 9.17) is 10.2 Å². The minimum atomic E-state index is -1.26. The van der Waals surface area contributed by atoms with Crippen LogP contribution < -0.4 is 5.32 Å². The van der Waals surface area contributed by atoms with Crippen molar-refractivity contribution in [1.29, 1.82) is 0 Å². The largest absolute Gasteiger partial charge is 0.481 e. The molecule has 1 fully saturated rings. The first-order valence-electron chi connectivity index (χ1n) is 6.46. The first kappa shape index (κ1) is 16.3. The smallest absolute Gasteiger partial charge is 0.332 e. The van der Waals surface area contributed by atoms with Gasteiger partial charge in [-0.1, -0.05) is 0 Å². The number of Topliss-reactive ketones (excluding diaryl/α,β-unsaturated/α-hetero) is 1. The van der Waals surface area contributed by atoms with E-state index in [0.717, 1.165) is 13.0 Å². The van der Waals surface area contributed by atoms with Gasteiger partial charge in [-0.2, -0.15) is 0 Å². The molecule has 0 aliphatic carbocycles. The van der Waals surface area contributed by atoms with Crippen LogP contribution >= 0.6 is 0 Å². The summed E-state index contributed by atoms with van der Waals surface area (Å²) in [5, 5.41) is 29.8. The number of aliphatic carboxylic acids is 2. The molecule has 1 unspecified atom stereocenters. The molecule has 7 heteroatoms. The van der Waals surface area contributed by atoms with Crippen molar-refractivity contribution in [2.75, 3.05) is 19.7 Å². The van der Waals surface area contributed by atoms with Crippen LogP contribution in [0, 0.1) is 5.92 Å². The number of rotatable bonds is 7. The maximum absolute atomic E-state index is 11.8. The fourth-order valence-electron chi connectivity index (χ4n) is 2.14. The number of carbonyl (C=O) groups excluding carboxylic acids is 1. The van der Waals surface area contributed by atoms with Gasteiger partial charge in [-0.05, 0) is 25.0 Å². The zero-order valence-electron chi connectivity index (χ0n) is 11.1. The van der Waals surface area contributed by atoms with E-state index in [2.05, 4.69) is 5.32 Å². The van der Waals surface area contributed by atoms with Crippen LogP contribution in [0.25, 0.3) is 0 Å². The molecule has 0 radical (unpaired) electrons. The Bertz CT molecular complexity index is 421.